The number of rotatable bonds is 4. The van der Waals surface area contributed by atoms with Crippen LogP contribution in [0.2, 0.25) is 5.02 Å². The number of aromatic amines is 2. The van der Waals surface area contributed by atoms with Crippen molar-refractivity contribution in [1.29, 1.82) is 0 Å². The molecule has 0 fully saturated rings. The van der Waals surface area contributed by atoms with Crippen molar-refractivity contribution < 1.29 is 14.3 Å². The first-order valence-corrected chi connectivity index (χ1v) is 6.05. The second-order valence-electron chi connectivity index (χ2n) is 4.22. The lowest BCUT2D eigenvalue weighted by atomic mass is 10.2. The third kappa shape index (κ3) is 3.06. The number of carbonyl (C=O) groups is 2. The zero-order chi connectivity index (χ0) is 14.0. The Morgan fingerprint density at radius 1 is 1.32 bits per heavy atom. The highest BCUT2D eigenvalue weighted by Crippen LogP contribution is 2.12. The number of carbonyl (C=O) groups excluding carboxylic acids is 2. The largest absolute Gasteiger partial charge is 0.453 e. The first-order chi connectivity index (χ1) is 8.97. The van der Waals surface area contributed by atoms with Crippen LogP contribution in [0.3, 0.4) is 0 Å². The molecular formula is C13H13ClN2O3. The Morgan fingerprint density at radius 3 is 2.58 bits per heavy atom. The van der Waals surface area contributed by atoms with Crippen molar-refractivity contribution in [3.63, 3.8) is 0 Å². The molecule has 0 aliphatic rings. The minimum Gasteiger partial charge on any atom is -0.453 e. The van der Waals surface area contributed by atoms with E-state index in [-0.39, 0.29) is 18.1 Å². The van der Waals surface area contributed by atoms with Crippen molar-refractivity contribution >= 4 is 23.4 Å². The van der Waals surface area contributed by atoms with Crippen molar-refractivity contribution in [2.24, 2.45) is 0 Å². The van der Waals surface area contributed by atoms with Crippen LogP contribution in [0.25, 0.3) is 0 Å². The molecule has 0 aliphatic heterocycles. The molecule has 2 aromatic rings. The molecule has 2 heterocycles. The van der Waals surface area contributed by atoms with Crippen molar-refractivity contribution in [2.75, 3.05) is 6.61 Å². The Morgan fingerprint density at radius 2 is 2.05 bits per heavy atom. The molecule has 100 valence electrons. The van der Waals surface area contributed by atoms with Crippen LogP contribution in [-0.2, 0) is 4.74 Å². The van der Waals surface area contributed by atoms with E-state index >= 15 is 0 Å². The minimum absolute atomic E-state index is 0.222. The summed E-state index contributed by atoms with van der Waals surface area (Å²) in [5.41, 5.74) is 2.42. The summed E-state index contributed by atoms with van der Waals surface area (Å²) in [6.07, 6.45) is 1.47. The van der Waals surface area contributed by atoms with Gasteiger partial charge in [0.2, 0.25) is 5.78 Å². The average molecular weight is 281 g/mol. The van der Waals surface area contributed by atoms with Gasteiger partial charge in [0.1, 0.15) is 5.69 Å². The molecule has 0 unspecified atom stereocenters. The maximum absolute atomic E-state index is 11.9. The number of hydrogen-bond acceptors (Lipinski definition) is 3. The highest BCUT2D eigenvalue weighted by atomic mass is 35.5. The normalized spacial score (nSPS) is 10.5. The maximum Gasteiger partial charge on any atom is 0.355 e. The Kier molecular flexibility index (Phi) is 3.76. The summed E-state index contributed by atoms with van der Waals surface area (Å²) in [5, 5.41) is 0.412. The van der Waals surface area contributed by atoms with E-state index in [0.717, 1.165) is 11.4 Å². The van der Waals surface area contributed by atoms with Gasteiger partial charge in [-0.15, -0.1) is 0 Å². The molecule has 0 amide bonds. The van der Waals surface area contributed by atoms with E-state index in [1.165, 1.54) is 12.3 Å². The fourth-order valence-electron chi connectivity index (χ4n) is 1.79. The van der Waals surface area contributed by atoms with Gasteiger partial charge < -0.3 is 14.7 Å². The van der Waals surface area contributed by atoms with Crippen LogP contribution >= 0.6 is 11.6 Å². The second-order valence-corrected chi connectivity index (χ2v) is 4.66. The molecule has 2 N–H and O–H groups in total. The van der Waals surface area contributed by atoms with Crippen LogP contribution in [0.5, 0.6) is 0 Å². The summed E-state index contributed by atoms with van der Waals surface area (Å²) in [4.78, 5) is 29.2. The molecule has 0 atom stereocenters. The Balaban J connectivity index is 1.97. The molecule has 0 aromatic carbocycles. The molecular weight excluding hydrogens is 268 g/mol. The first kappa shape index (κ1) is 13.4. The molecule has 2 aromatic heterocycles. The van der Waals surface area contributed by atoms with E-state index < -0.39 is 5.97 Å². The summed E-state index contributed by atoms with van der Waals surface area (Å²) >= 11 is 5.68. The molecule has 0 saturated carbocycles. The fourth-order valence-corrected chi connectivity index (χ4v) is 1.95. The number of esters is 1. The van der Waals surface area contributed by atoms with Crippen molar-refractivity contribution in [3.05, 3.63) is 46.0 Å². The molecule has 19 heavy (non-hydrogen) atoms. The maximum atomic E-state index is 11.9. The molecule has 0 spiro atoms. The van der Waals surface area contributed by atoms with Gasteiger partial charge >= 0.3 is 5.97 Å². The molecule has 6 heteroatoms. The Hall–Kier alpha value is -2.01. The van der Waals surface area contributed by atoms with Crippen LogP contribution in [0.1, 0.15) is 32.2 Å². The van der Waals surface area contributed by atoms with E-state index in [4.69, 9.17) is 16.3 Å². The molecule has 0 radical (unpaired) electrons. The van der Waals surface area contributed by atoms with Crippen molar-refractivity contribution in [3.8, 4) is 0 Å². The van der Waals surface area contributed by atoms with Gasteiger partial charge in [-0.25, -0.2) is 4.79 Å². The highest BCUT2D eigenvalue weighted by molar-refractivity contribution is 6.30. The second kappa shape index (κ2) is 5.32. The van der Waals surface area contributed by atoms with Crippen molar-refractivity contribution in [2.45, 2.75) is 13.8 Å². The summed E-state index contributed by atoms with van der Waals surface area (Å²) in [6.45, 7) is 3.36. The van der Waals surface area contributed by atoms with E-state index in [1.54, 1.807) is 13.0 Å². The van der Waals surface area contributed by atoms with Crippen LogP contribution in [0, 0.1) is 13.8 Å². The topological polar surface area (TPSA) is 75.0 Å². The third-order valence-electron chi connectivity index (χ3n) is 2.65. The van der Waals surface area contributed by atoms with Crippen LogP contribution in [0.4, 0.5) is 0 Å². The summed E-state index contributed by atoms with van der Waals surface area (Å²) < 4.78 is 4.93. The molecule has 0 saturated heterocycles. The molecule has 0 bridgehead atoms. The number of Topliss-reactive ketones (excluding diaryl/α,β-unsaturated/α-hetero) is 1. The standard InChI is InChI=1S/C13H13ClN2O3/c1-7-3-10(8(2)16-7)12(17)6-19-13(18)11-4-9(14)5-15-11/h3-5,15-16H,6H2,1-2H3. The Labute approximate surface area is 114 Å². The number of aromatic nitrogens is 2. The summed E-state index contributed by atoms with van der Waals surface area (Å²) in [6, 6.07) is 3.18. The number of aryl methyl sites for hydroxylation is 2. The van der Waals surface area contributed by atoms with Crippen molar-refractivity contribution in [1.82, 2.24) is 9.97 Å². The third-order valence-corrected chi connectivity index (χ3v) is 2.87. The SMILES string of the molecule is Cc1cc(C(=O)COC(=O)c2cc(Cl)c[nH]2)c(C)[nH]1. The monoisotopic (exact) mass is 280 g/mol. The lowest BCUT2D eigenvalue weighted by Crippen LogP contribution is -2.14. The predicted molar refractivity (Wildman–Crippen MR) is 70.7 cm³/mol. The first-order valence-electron chi connectivity index (χ1n) is 5.68. The number of hydrogen-bond donors (Lipinski definition) is 2. The lowest BCUT2D eigenvalue weighted by molar-refractivity contribution is 0.0469. The number of ketones is 1. The van der Waals surface area contributed by atoms with E-state index in [0.29, 0.717) is 10.6 Å². The predicted octanol–water partition coefficient (Wildman–Crippen LogP) is 2.65. The smallest absolute Gasteiger partial charge is 0.355 e. The number of halogens is 1. The van der Waals surface area contributed by atoms with Gasteiger partial charge in [-0.2, -0.15) is 0 Å². The number of nitrogens with one attached hydrogen (secondary N) is 2. The lowest BCUT2D eigenvalue weighted by Gasteiger charge is -2.02. The Bertz CT molecular complexity index is 628. The van der Waals surface area contributed by atoms with Gasteiger partial charge in [-0.1, -0.05) is 11.6 Å². The number of ether oxygens (including phenoxy) is 1. The van der Waals surface area contributed by atoms with Crippen LogP contribution in [0.15, 0.2) is 18.3 Å². The summed E-state index contributed by atoms with van der Waals surface area (Å²) in [7, 11) is 0. The van der Waals surface area contributed by atoms with Gasteiger partial charge in [0, 0.05) is 23.1 Å². The molecule has 5 nitrogen and oxygen atoms in total. The van der Waals surface area contributed by atoms with Crippen LogP contribution in [-0.4, -0.2) is 28.3 Å². The molecule has 0 aliphatic carbocycles. The van der Waals surface area contributed by atoms with Crippen LogP contribution < -0.4 is 0 Å². The molecule has 2 rings (SSSR count). The van der Waals surface area contributed by atoms with Gasteiger partial charge in [-0.05, 0) is 26.0 Å². The number of H-pyrrole nitrogens is 2. The van der Waals surface area contributed by atoms with Gasteiger partial charge in [-0.3, -0.25) is 4.79 Å². The van der Waals surface area contributed by atoms with Gasteiger partial charge in [0.15, 0.2) is 6.61 Å². The zero-order valence-electron chi connectivity index (χ0n) is 10.5. The van der Waals surface area contributed by atoms with E-state index in [2.05, 4.69) is 9.97 Å². The van der Waals surface area contributed by atoms with E-state index in [1.807, 2.05) is 6.92 Å². The zero-order valence-corrected chi connectivity index (χ0v) is 11.3. The highest BCUT2D eigenvalue weighted by Gasteiger charge is 2.15. The average Bonchev–Trinajstić information content (AvgIpc) is 2.92. The quantitative estimate of drug-likeness (QED) is 0.668. The summed E-state index contributed by atoms with van der Waals surface area (Å²) in [5.74, 6) is -0.849. The van der Waals surface area contributed by atoms with E-state index in [9.17, 15) is 9.59 Å². The fraction of sp³-hybridized carbons (Fsp3) is 0.231. The van der Waals surface area contributed by atoms with Gasteiger partial charge in [0.05, 0.1) is 5.02 Å². The minimum atomic E-state index is -0.606. The van der Waals surface area contributed by atoms with Gasteiger partial charge in [0.25, 0.3) is 0 Å².